The summed E-state index contributed by atoms with van der Waals surface area (Å²) < 4.78 is 37.0. The van der Waals surface area contributed by atoms with Crippen molar-refractivity contribution >= 4 is 5.91 Å². The number of alkyl halides is 3. The van der Waals surface area contributed by atoms with E-state index in [2.05, 4.69) is 0 Å². The highest BCUT2D eigenvalue weighted by Gasteiger charge is 2.37. The molecule has 0 bridgehead atoms. The van der Waals surface area contributed by atoms with Crippen molar-refractivity contribution in [1.29, 1.82) is 0 Å². The summed E-state index contributed by atoms with van der Waals surface area (Å²) in [7, 11) is 0. The Labute approximate surface area is 103 Å². The van der Waals surface area contributed by atoms with Crippen LogP contribution in [0.5, 0.6) is 0 Å². The molecule has 1 aromatic rings. The molecule has 98 valence electrons. The van der Waals surface area contributed by atoms with Gasteiger partial charge in [-0.25, -0.2) is 0 Å². The van der Waals surface area contributed by atoms with Crippen LogP contribution in [0.15, 0.2) is 18.2 Å². The molecular formula is C13H14F3NO. The first kappa shape index (κ1) is 12.9. The van der Waals surface area contributed by atoms with Crippen LogP contribution in [-0.4, -0.2) is 23.5 Å². The Kier molecular flexibility index (Phi) is 3.09. The molecule has 0 saturated carbocycles. The Bertz CT molecular complexity index is 480. The number of benzene rings is 1. The average molecular weight is 257 g/mol. The molecule has 1 heterocycles. The van der Waals surface area contributed by atoms with E-state index < -0.39 is 18.6 Å². The minimum absolute atomic E-state index is 0.0477. The molecule has 5 heteroatoms. The normalized spacial score (nSPS) is 15.4. The van der Waals surface area contributed by atoms with Gasteiger partial charge >= 0.3 is 6.18 Å². The number of hydrogen-bond acceptors (Lipinski definition) is 1. The van der Waals surface area contributed by atoms with Crippen molar-refractivity contribution in [2.45, 2.75) is 32.5 Å². The molecule has 0 aliphatic carbocycles. The highest BCUT2D eigenvalue weighted by molar-refractivity contribution is 5.98. The van der Waals surface area contributed by atoms with Crippen molar-refractivity contribution in [3.8, 4) is 0 Å². The standard InChI is InChI=1S/C13H14F3NO/c1-8(2)9-3-4-10-6-17(7-13(14,15)16)12(18)11(10)5-9/h3-5,8H,6-7H2,1-2H3. The maximum atomic E-state index is 12.3. The van der Waals surface area contributed by atoms with Gasteiger partial charge in [-0.05, 0) is 23.1 Å². The Hall–Kier alpha value is -1.52. The van der Waals surface area contributed by atoms with Gasteiger partial charge in [0.05, 0.1) is 0 Å². The second-order valence-electron chi connectivity index (χ2n) is 4.85. The minimum atomic E-state index is -4.35. The first-order valence-electron chi connectivity index (χ1n) is 5.77. The van der Waals surface area contributed by atoms with Gasteiger partial charge in [0.15, 0.2) is 0 Å². The van der Waals surface area contributed by atoms with Gasteiger partial charge in [0.2, 0.25) is 0 Å². The van der Waals surface area contributed by atoms with E-state index in [0.717, 1.165) is 10.5 Å². The van der Waals surface area contributed by atoms with Crippen molar-refractivity contribution in [2.75, 3.05) is 6.54 Å². The predicted octanol–water partition coefficient (Wildman–Crippen LogP) is 3.33. The first-order valence-corrected chi connectivity index (χ1v) is 5.77. The van der Waals surface area contributed by atoms with Gasteiger partial charge in [0, 0.05) is 12.1 Å². The van der Waals surface area contributed by atoms with E-state index in [9.17, 15) is 18.0 Å². The third-order valence-corrected chi connectivity index (χ3v) is 3.05. The summed E-state index contributed by atoms with van der Waals surface area (Å²) in [5.74, 6) is -0.274. The third kappa shape index (κ3) is 2.49. The lowest BCUT2D eigenvalue weighted by atomic mass is 9.98. The number of hydrogen-bond donors (Lipinski definition) is 0. The summed E-state index contributed by atoms with van der Waals surface area (Å²) in [5, 5.41) is 0. The quantitative estimate of drug-likeness (QED) is 0.795. The van der Waals surface area contributed by atoms with Gasteiger partial charge in [-0.3, -0.25) is 4.79 Å². The van der Waals surface area contributed by atoms with E-state index in [1.54, 1.807) is 12.1 Å². The monoisotopic (exact) mass is 257 g/mol. The van der Waals surface area contributed by atoms with Gasteiger partial charge in [0.1, 0.15) is 6.54 Å². The fraction of sp³-hybridized carbons (Fsp3) is 0.462. The van der Waals surface area contributed by atoms with Gasteiger partial charge in [0.25, 0.3) is 5.91 Å². The van der Waals surface area contributed by atoms with E-state index in [1.807, 2.05) is 19.9 Å². The van der Waals surface area contributed by atoms with Gasteiger partial charge < -0.3 is 4.90 Å². The lowest BCUT2D eigenvalue weighted by Crippen LogP contribution is -2.34. The summed E-state index contributed by atoms with van der Waals surface area (Å²) in [5.41, 5.74) is 2.05. The highest BCUT2D eigenvalue weighted by Crippen LogP contribution is 2.29. The summed E-state index contributed by atoms with van der Waals surface area (Å²) in [6.07, 6.45) is -4.35. The fourth-order valence-corrected chi connectivity index (χ4v) is 2.08. The number of halogens is 3. The van der Waals surface area contributed by atoms with E-state index in [1.165, 1.54) is 0 Å². The van der Waals surface area contributed by atoms with Crippen molar-refractivity contribution in [3.63, 3.8) is 0 Å². The number of fused-ring (bicyclic) bond motifs is 1. The van der Waals surface area contributed by atoms with Crippen LogP contribution in [-0.2, 0) is 6.54 Å². The molecule has 1 aliphatic heterocycles. The second-order valence-corrected chi connectivity index (χ2v) is 4.85. The van der Waals surface area contributed by atoms with Crippen LogP contribution in [0, 0.1) is 0 Å². The van der Waals surface area contributed by atoms with Gasteiger partial charge in [-0.15, -0.1) is 0 Å². The van der Waals surface area contributed by atoms with Crippen LogP contribution in [0.2, 0.25) is 0 Å². The summed E-state index contributed by atoms with van der Waals surface area (Å²) in [4.78, 5) is 12.7. The van der Waals surface area contributed by atoms with Crippen molar-refractivity contribution in [2.24, 2.45) is 0 Å². The average Bonchev–Trinajstić information content (AvgIpc) is 2.53. The van der Waals surface area contributed by atoms with Gasteiger partial charge in [-0.2, -0.15) is 13.2 Å². The molecule has 0 unspecified atom stereocenters. The molecule has 0 N–H and O–H groups in total. The molecule has 0 saturated heterocycles. The molecule has 0 aromatic heterocycles. The molecule has 0 spiro atoms. The lowest BCUT2D eigenvalue weighted by Gasteiger charge is -2.17. The Morgan fingerprint density at radius 3 is 2.56 bits per heavy atom. The molecule has 0 atom stereocenters. The second kappa shape index (κ2) is 4.30. The zero-order chi connectivity index (χ0) is 13.5. The molecule has 1 amide bonds. The molecule has 2 rings (SSSR count). The van der Waals surface area contributed by atoms with Crippen LogP contribution in [0.3, 0.4) is 0 Å². The maximum absolute atomic E-state index is 12.3. The number of carbonyl (C=O) groups is 1. The first-order chi connectivity index (χ1) is 8.28. The van der Waals surface area contributed by atoms with Crippen LogP contribution in [0.1, 0.15) is 41.3 Å². The van der Waals surface area contributed by atoms with Crippen molar-refractivity contribution in [1.82, 2.24) is 4.90 Å². The van der Waals surface area contributed by atoms with E-state index >= 15 is 0 Å². The van der Waals surface area contributed by atoms with E-state index in [0.29, 0.717) is 11.1 Å². The van der Waals surface area contributed by atoms with Gasteiger partial charge in [-0.1, -0.05) is 26.0 Å². The highest BCUT2D eigenvalue weighted by atomic mass is 19.4. The molecule has 0 radical (unpaired) electrons. The smallest absolute Gasteiger partial charge is 0.325 e. The number of nitrogens with zero attached hydrogens (tertiary/aromatic N) is 1. The Morgan fingerprint density at radius 2 is 2.00 bits per heavy atom. The summed E-state index contributed by atoms with van der Waals surface area (Å²) in [6, 6.07) is 5.32. The number of rotatable bonds is 2. The Morgan fingerprint density at radius 1 is 1.33 bits per heavy atom. The largest absolute Gasteiger partial charge is 0.406 e. The molecule has 2 nitrogen and oxygen atoms in total. The number of amides is 1. The SMILES string of the molecule is CC(C)c1ccc2c(c1)C(=O)N(CC(F)(F)F)C2. The molecule has 0 fully saturated rings. The zero-order valence-corrected chi connectivity index (χ0v) is 10.2. The van der Waals surface area contributed by atoms with Crippen molar-refractivity contribution < 1.29 is 18.0 Å². The molecule has 1 aliphatic rings. The van der Waals surface area contributed by atoms with Crippen molar-refractivity contribution in [3.05, 3.63) is 34.9 Å². The minimum Gasteiger partial charge on any atom is -0.325 e. The van der Waals surface area contributed by atoms with Crippen LogP contribution >= 0.6 is 0 Å². The molecule has 18 heavy (non-hydrogen) atoms. The zero-order valence-electron chi connectivity index (χ0n) is 10.2. The van der Waals surface area contributed by atoms with E-state index in [4.69, 9.17) is 0 Å². The summed E-state index contributed by atoms with van der Waals surface area (Å²) >= 11 is 0. The molecule has 1 aromatic carbocycles. The number of carbonyl (C=O) groups excluding carboxylic acids is 1. The molecular weight excluding hydrogens is 243 g/mol. The van der Waals surface area contributed by atoms with Crippen LogP contribution in [0.25, 0.3) is 0 Å². The Balaban J connectivity index is 2.26. The maximum Gasteiger partial charge on any atom is 0.406 e. The van der Waals surface area contributed by atoms with Crippen LogP contribution in [0.4, 0.5) is 13.2 Å². The topological polar surface area (TPSA) is 20.3 Å². The van der Waals surface area contributed by atoms with Crippen LogP contribution < -0.4 is 0 Å². The lowest BCUT2D eigenvalue weighted by molar-refractivity contribution is -0.140. The fourth-order valence-electron chi connectivity index (χ4n) is 2.08. The predicted molar refractivity (Wildman–Crippen MR) is 61.3 cm³/mol. The van der Waals surface area contributed by atoms with E-state index in [-0.39, 0.29) is 12.5 Å². The third-order valence-electron chi connectivity index (χ3n) is 3.05. The summed E-state index contributed by atoms with van der Waals surface area (Å²) in [6.45, 7) is 2.83.